The molecule has 8 heteroatoms. The monoisotopic (exact) mass is 314 g/mol. The fourth-order valence-corrected chi connectivity index (χ4v) is 2.77. The lowest BCUT2D eigenvalue weighted by molar-refractivity contribution is 0.385. The van der Waals surface area contributed by atoms with Crippen LogP contribution < -0.4 is 10.6 Å². The first-order valence-electron chi connectivity index (χ1n) is 5.51. The Labute approximate surface area is 115 Å². The molecule has 2 aromatic rings. The Hall–Kier alpha value is -1.26. The number of hydrogen-bond acceptors (Lipinski definition) is 2. The third kappa shape index (κ3) is 3.44. The van der Waals surface area contributed by atoms with Crippen LogP contribution in [-0.2, 0) is 9.13 Å². The fraction of sp³-hybridized carbons (Fsp3) is 0. The van der Waals surface area contributed by atoms with Gasteiger partial charge in [-0.05, 0) is 35.4 Å². The van der Waals surface area contributed by atoms with Gasteiger partial charge < -0.3 is 19.6 Å². The average Bonchev–Trinajstić information content (AvgIpc) is 2.37. The Kier molecular flexibility index (Phi) is 3.98. The average molecular weight is 314 g/mol. The Morgan fingerprint density at radius 2 is 0.800 bits per heavy atom. The maximum Gasteiger partial charge on any atom is 0.356 e. The lowest BCUT2D eigenvalue weighted by Crippen LogP contribution is -2.03. The first-order chi connectivity index (χ1) is 9.18. The van der Waals surface area contributed by atoms with E-state index in [1.54, 1.807) is 24.3 Å². The van der Waals surface area contributed by atoms with Gasteiger partial charge in [0, 0.05) is 0 Å². The summed E-state index contributed by atoms with van der Waals surface area (Å²) in [6, 6.07) is 11.5. The quantitative estimate of drug-likeness (QED) is 0.627. The van der Waals surface area contributed by atoms with Gasteiger partial charge in [0.25, 0.3) is 0 Å². The molecule has 0 fully saturated rings. The van der Waals surface area contributed by atoms with Crippen molar-refractivity contribution >= 4 is 25.8 Å². The molecule has 0 atom stereocenters. The van der Waals surface area contributed by atoms with E-state index in [1.165, 1.54) is 24.3 Å². The number of benzene rings is 2. The van der Waals surface area contributed by atoms with Crippen molar-refractivity contribution in [2.75, 3.05) is 0 Å². The second-order valence-electron chi connectivity index (χ2n) is 4.18. The minimum Gasteiger partial charge on any atom is -0.321 e. The molecule has 0 amide bonds. The van der Waals surface area contributed by atoms with E-state index < -0.39 is 15.2 Å². The molecule has 0 unspecified atom stereocenters. The van der Waals surface area contributed by atoms with E-state index in [2.05, 4.69) is 0 Å². The van der Waals surface area contributed by atoms with Crippen molar-refractivity contribution < 1.29 is 28.7 Å². The maximum atomic E-state index is 11.0. The van der Waals surface area contributed by atoms with Gasteiger partial charge in [0.1, 0.15) is 0 Å². The van der Waals surface area contributed by atoms with Gasteiger partial charge in [-0.25, -0.2) is 0 Å². The summed E-state index contributed by atoms with van der Waals surface area (Å²) in [6.07, 6.45) is 0. The zero-order valence-electron chi connectivity index (χ0n) is 10.1. The molecule has 2 aromatic carbocycles. The number of rotatable bonds is 3. The molecule has 4 N–H and O–H groups in total. The summed E-state index contributed by atoms with van der Waals surface area (Å²) in [5.74, 6) is 0. The van der Waals surface area contributed by atoms with Crippen molar-refractivity contribution in [1.29, 1.82) is 0 Å². The Balaban J connectivity index is 2.33. The first-order valence-corrected chi connectivity index (χ1v) is 8.73. The molecule has 0 saturated carbocycles. The second kappa shape index (κ2) is 5.26. The highest BCUT2D eigenvalue weighted by molar-refractivity contribution is 7.60. The Morgan fingerprint density at radius 3 is 1.00 bits per heavy atom. The van der Waals surface area contributed by atoms with Crippen molar-refractivity contribution in [1.82, 2.24) is 0 Å². The predicted molar refractivity (Wildman–Crippen MR) is 75.2 cm³/mol. The molecule has 20 heavy (non-hydrogen) atoms. The van der Waals surface area contributed by atoms with Crippen LogP contribution in [0.4, 0.5) is 0 Å². The molecule has 0 spiro atoms. The smallest absolute Gasteiger partial charge is 0.321 e. The Bertz CT molecular complexity index is 632. The van der Waals surface area contributed by atoms with Crippen molar-refractivity contribution in [2.45, 2.75) is 0 Å². The van der Waals surface area contributed by atoms with Gasteiger partial charge in [0.05, 0.1) is 10.6 Å². The second-order valence-corrected chi connectivity index (χ2v) is 7.39. The molecule has 6 nitrogen and oxygen atoms in total. The van der Waals surface area contributed by atoms with Gasteiger partial charge in [-0.15, -0.1) is 0 Å². The topological polar surface area (TPSA) is 115 Å². The van der Waals surface area contributed by atoms with Gasteiger partial charge in [-0.2, -0.15) is 0 Å². The molecule has 0 radical (unpaired) electrons. The summed E-state index contributed by atoms with van der Waals surface area (Å²) < 4.78 is 22.1. The van der Waals surface area contributed by atoms with E-state index >= 15 is 0 Å². The molecule has 0 saturated heterocycles. The third-order valence-corrected chi connectivity index (χ3v) is 4.68. The SMILES string of the molecule is O=P(O)(O)c1ccc(-c2ccc(P(=O)(O)O)cc2)cc1. The minimum absolute atomic E-state index is 0.0758. The van der Waals surface area contributed by atoms with Crippen LogP contribution in [0.5, 0.6) is 0 Å². The highest BCUT2D eigenvalue weighted by Gasteiger charge is 2.17. The van der Waals surface area contributed by atoms with Crippen LogP contribution in [0.3, 0.4) is 0 Å². The minimum atomic E-state index is -4.26. The molecule has 2 rings (SSSR count). The van der Waals surface area contributed by atoms with E-state index in [0.717, 1.165) is 0 Å². The van der Waals surface area contributed by atoms with Crippen LogP contribution in [-0.4, -0.2) is 19.6 Å². The van der Waals surface area contributed by atoms with Gasteiger partial charge in [0.15, 0.2) is 0 Å². The molecule has 0 aliphatic carbocycles. The largest absolute Gasteiger partial charge is 0.356 e. The summed E-state index contributed by atoms with van der Waals surface area (Å²) in [5.41, 5.74) is 1.39. The molecule has 106 valence electrons. The summed E-state index contributed by atoms with van der Waals surface area (Å²) >= 11 is 0. The number of hydrogen-bond donors (Lipinski definition) is 4. The molecule has 0 aliphatic rings. The van der Waals surface area contributed by atoms with E-state index in [0.29, 0.717) is 11.1 Å². The fourth-order valence-electron chi connectivity index (χ4n) is 1.70. The molecular weight excluding hydrogens is 302 g/mol. The first kappa shape index (κ1) is 15.1. The summed E-state index contributed by atoms with van der Waals surface area (Å²) in [6.45, 7) is 0. The van der Waals surface area contributed by atoms with Gasteiger partial charge in [-0.3, -0.25) is 9.13 Å². The van der Waals surface area contributed by atoms with E-state index in [9.17, 15) is 9.13 Å². The van der Waals surface area contributed by atoms with Crippen molar-refractivity contribution in [3.8, 4) is 11.1 Å². The van der Waals surface area contributed by atoms with E-state index in [-0.39, 0.29) is 10.6 Å². The van der Waals surface area contributed by atoms with Crippen LogP contribution in [0.2, 0.25) is 0 Å². The molecule has 0 heterocycles. The van der Waals surface area contributed by atoms with Crippen molar-refractivity contribution in [2.24, 2.45) is 0 Å². The molecule has 0 bridgehead atoms. The van der Waals surface area contributed by atoms with Gasteiger partial charge >= 0.3 is 15.2 Å². The highest BCUT2D eigenvalue weighted by atomic mass is 31.2. The lowest BCUT2D eigenvalue weighted by atomic mass is 10.1. The molecular formula is C12H12O6P2. The highest BCUT2D eigenvalue weighted by Crippen LogP contribution is 2.35. The summed E-state index contributed by atoms with van der Waals surface area (Å²) in [7, 11) is -8.52. The zero-order valence-corrected chi connectivity index (χ0v) is 11.9. The van der Waals surface area contributed by atoms with Crippen molar-refractivity contribution in [3.63, 3.8) is 0 Å². The third-order valence-electron chi connectivity index (χ3n) is 2.74. The van der Waals surface area contributed by atoms with Crippen LogP contribution >= 0.6 is 15.2 Å². The van der Waals surface area contributed by atoms with Crippen LogP contribution in [0.1, 0.15) is 0 Å². The van der Waals surface area contributed by atoms with E-state index in [1.807, 2.05) is 0 Å². The summed E-state index contributed by atoms with van der Waals surface area (Å²) in [4.78, 5) is 36.0. The van der Waals surface area contributed by atoms with Crippen molar-refractivity contribution in [3.05, 3.63) is 48.5 Å². The molecule has 0 aliphatic heterocycles. The molecule has 0 aromatic heterocycles. The van der Waals surface area contributed by atoms with Gasteiger partial charge in [0.2, 0.25) is 0 Å². The van der Waals surface area contributed by atoms with Gasteiger partial charge in [-0.1, -0.05) is 24.3 Å². The van der Waals surface area contributed by atoms with Crippen LogP contribution in [0.15, 0.2) is 48.5 Å². The standard InChI is InChI=1S/C12H12O6P2/c13-19(14,15)11-5-1-9(2-6-11)10-3-7-12(8-4-10)20(16,17)18/h1-8H,(H2,13,14,15)(H2,16,17,18). The lowest BCUT2D eigenvalue weighted by Gasteiger charge is -2.07. The Morgan fingerprint density at radius 1 is 0.550 bits per heavy atom. The predicted octanol–water partition coefficient (Wildman–Crippen LogP) is 0.960. The van der Waals surface area contributed by atoms with Crippen LogP contribution in [0.25, 0.3) is 11.1 Å². The van der Waals surface area contributed by atoms with Crippen LogP contribution in [0, 0.1) is 0 Å². The van der Waals surface area contributed by atoms with E-state index in [4.69, 9.17) is 19.6 Å². The normalized spacial score (nSPS) is 12.4. The maximum absolute atomic E-state index is 11.0. The zero-order chi connectivity index (χ0) is 15.0. The summed E-state index contributed by atoms with van der Waals surface area (Å²) in [5, 5.41) is -0.152.